The lowest BCUT2D eigenvalue weighted by Gasteiger charge is -2.11. The number of methoxy groups -OCH3 is 1. The number of urea groups is 1. The van der Waals surface area contributed by atoms with Gasteiger partial charge in [0.1, 0.15) is 17.1 Å². The van der Waals surface area contributed by atoms with E-state index in [9.17, 15) is 14.7 Å². The molecule has 0 heterocycles. The summed E-state index contributed by atoms with van der Waals surface area (Å²) in [5.74, 6) is -1.16. The van der Waals surface area contributed by atoms with Gasteiger partial charge in [0, 0.05) is 5.69 Å². The maximum Gasteiger partial charge on any atom is 0.339 e. The number of carboxylic acid groups (broad SMARTS) is 1. The number of aromatic hydroxyl groups is 1. The minimum atomic E-state index is -1.29. The molecule has 0 aliphatic rings. The predicted octanol–water partition coefficient (Wildman–Crippen LogP) is 2.74. The SMILES string of the molecule is COc1ccccc1NC(=O)Nc1ccc(O)c(C(=O)O)c1. The average molecular weight is 302 g/mol. The number of anilines is 2. The Hall–Kier alpha value is -3.22. The summed E-state index contributed by atoms with van der Waals surface area (Å²) in [6, 6.07) is 10.1. The number of rotatable bonds is 4. The number of para-hydroxylation sites is 2. The zero-order chi connectivity index (χ0) is 16.1. The van der Waals surface area contributed by atoms with Gasteiger partial charge in [0.15, 0.2) is 0 Å². The molecule has 0 aliphatic carbocycles. The number of ether oxygens (including phenoxy) is 1. The molecule has 2 aromatic carbocycles. The second-order valence-corrected chi connectivity index (χ2v) is 4.32. The number of hydrogen-bond donors (Lipinski definition) is 4. The van der Waals surface area contributed by atoms with Gasteiger partial charge in [-0.15, -0.1) is 0 Å². The van der Waals surface area contributed by atoms with E-state index in [4.69, 9.17) is 9.84 Å². The summed E-state index contributed by atoms with van der Waals surface area (Å²) in [6.07, 6.45) is 0. The van der Waals surface area contributed by atoms with Gasteiger partial charge in [0.25, 0.3) is 0 Å². The van der Waals surface area contributed by atoms with Crippen LogP contribution in [0.25, 0.3) is 0 Å². The van der Waals surface area contributed by atoms with Gasteiger partial charge in [0.05, 0.1) is 12.8 Å². The van der Waals surface area contributed by atoms with Gasteiger partial charge in [0.2, 0.25) is 0 Å². The summed E-state index contributed by atoms with van der Waals surface area (Å²) >= 11 is 0. The maximum atomic E-state index is 11.9. The molecular weight excluding hydrogens is 288 g/mol. The molecule has 2 amide bonds. The van der Waals surface area contributed by atoms with Gasteiger partial charge in [-0.2, -0.15) is 0 Å². The van der Waals surface area contributed by atoms with Crippen molar-refractivity contribution in [1.82, 2.24) is 0 Å². The molecule has 0 spiro atoms. The van der Waals surface area contributed by atoms with Crippen LogP contribution in [-0.4, -0.2) is 29.3 Å². The van der Waals surface area contributed by atoms with E-state index in [2.05, 4.69) is 10.6 Å². The lowest BCUT2D eigenvalue weighted by atomic mass is 10.2. The van der Waals surface area contributed by atoms with Crippen molar-refractivity contribution < 1.29 is 24.5 Å². The Balaban J connectivity index is 2.12. The summed E-state index contributed by atoms with van der Waals surface area (Å²) in [5.41, 5.74) is 0.414. The Morgan fingerprint density at radius 3 is 2.50 bits per heavy atom. The normalized spacial score (nSPS) is 9.86. The number of carbonyl (C=O) groups is 2. The van der Waals surface area contributed by atoms with Crippen LogP contribution in [0.2, 0.25) is 0 Å². The first-order valence-corrected chi connectivity index (χ1v) is 6.28. The van der Waals surface area contributed by atoms with Gasteiger partial charge in [-0.1, -0.05) is 12.1 Å². The highest BCUT2D eigenvalue weighted by molar-refractivity contribution is 6.01. The van der Waals surface area contributed by atoms with Crippen LogP contribution in [0.5, 0.6) is 11.5 Å². The van der Waals surface area contributed by atoms with E-state index < -0.39 is 12.0 Å². The van der Waals surface area contributed by atoms with Gasteiger partial charge < -0.3 is 25.6 Å². The predicted molar refractivity (Wildman–Crippen MR) is 80.7 cm³/mol. The Morgan fingerprint density at radius 1 is 1.09 bits per heavy atom. The fourth-order valence-corrected chi connectivity index (χ4v) is 1.82. The van der Waals surface area contributed by atoms with Crippen molar-refractivity contribution in [3.63, 3.8) is 0 Å². The van der Waals surface area contributed by atoms with Gasteiger partial charge in [-0.05, 0) is 30.3 Å². The van der Waals surface area contributed by atoms with E-state index in [0.29, 0.717) is 11.4 Å². The van der Waals surface area contributed by atoms with E-state index in [1.54, 1.807) is 24.3 Å². The molecule has 0 saturated carbocycles. The quantitative estimate of drug-likeness (QED) is 0.649. The summed E-state index contributed by atoms with van der Waals surface area (Å²) in [4.78, 5) is 22.9. The third kappa shape index (κ3) is 3.45. The number of phenols is 1. The molecule has 2 rings (SSSR count). The average Bonchev–Trinajstić information content (AvgIpc) is 2.49. The molecule has 0 aromatic heterocycles. The molecule has 0 unspecified atom stereocenters. The number of nitrogens with one attached hydrogen (secondary N) is 2. The number of amides is 2. The van der Waals surface area contributed by atoms with Crippen molar-refractivity contribution in [2.75, 3.05) is 17.7 Å². The molecule has 0 bridgehead atoms. The summed E-state index contributed by atoms with van der Waals surface area (Å²) in [5, 5.41) is 23.4. The van der Waals surface area contributed by atoms with Crippen LogP contribution in [0.3, 0.4) is 0 Å². The van der Waals surface area contributed by atoms with Crippen molar-refractivity contribution in [1.29, 1.82) is 0 Å². The fourth-order valence-electron chi connectivity index (χ4n) is 1.82. The zero-order valence-corrected chi connectivity index (χ0v) is 11.7. The van der Waals surface area contributed by atoms with Crippen LogP contribution in [0.15, 0.2) is 42.5 Å². The first kappa shape index (κ1) is 15.2. The second kappa shape index (κ2) is 6.49. The molecule has 0 atom stereocenters. The first-order valence-electron chi connectivity index (χ1n) is 6.28. The smallest absolute Gasteiger partial charge is 0.339 e. The topological polar surface area (TPSA) is 108 Å². The molecule has 0 saturated heterocycles. The monoisotopic (exact) mass is 302 g/mol. The molecule has 0 radical (unpaired) electrons. The van der Waals surface area contributed by atoms with Crippen molar-refractivity contribution in [3.05, 3.63) is 48.0 Å². The fraction of sp³-hybridized carbons (Fsp3) is 0.0667. The third-order valence-corrected chi connectivity index (χ3v) is 2.84. The molecule has 22 heavy (non-hydrogen) atoms. The van der Waals surface area contributed by atoms with Crippen LogP contribution in [-0.2, 0) is 0 Å². The molecular formula is C15H14N2O5. The summed E-state index contributed by atoms with van der Waals surface area (Å²) in [7, 11) is 1.48. The highest BCUT2D eigenvalue weighted by Gasteiger charge is 2.12. The van der Waals surface area contributed by atoms with E-state index in [1.165, 1.54) is 25.3 Å². The molecule has 4 N–H and O–H groups in total. The van der Waals surface area contributed by atoms with Gasteiger partial charge in [-0.3, -0.25) is 0 Å². The lowest BCUT2D eigenvalue weighted by Crippen LogP contribution is -2.20. The van der Waals surface area contributed by atoms with E-state index in [0.717, 1.165) is 0 Å². The number of hydrogen-bond acceptors (Lipinski definition) is 4. The van der Waals surface area contributed by atoms with Crippen LogP contribution < -0.4 is 15.4 Å². The number of carbonyl (C=O) groups excluding carboxylic acids is 1. The molecule has 0 aliphatic heterocycles. The summed E-state index contributed by atoms with van der Waals surface area (Å²) < 4.78 is 5.11. The van der Waals surface area contributed by atoms with Crippen LogP contribution in [0.4, 0.5) is 16.2 Å². The van der Waals surface area contributed by atoms with Crippen molar-refractivity contribution in [2.24, 2.45) is 0 Å². The highest BCUT2D eigenvalue weighted by Crippen LogP contribution is 2.24. The minimum Gasteiger partial charge on any atom is -0.507 e. The third-order valence-electron chi connectivity index (χ3n) is 2.84. The van der Waals surface area contributed by atoms with E-state index >= 15 is 0 Å². The van der Waals surface area contributed by atoms with E-state index in [1.807, 2.05) is 0 Å². The Bertz CT molecular complexity index is 715. The number of benzene rings is 2. The molecule has 2 aromatic rings. The number of aromatic carboxylic acids is 1. The standard InChI is InChI=1S/C15H14N2O5/c1-22-13-5-3-2-4-11(13)17-15(21)16-9-6-7-12(18)10(8-9)14(19)20/h2-8,18H,1H3,(H,19,20)(H2,16,17,21). The van der Waals surface area contributed by atoms with Crippen LogP contribution in [0.1, 0.15) is 10.4 Å². The Labute approximate surface area is 126 Å². The maximum absolute atomic E-state index is 11.9. The zero-order valence-electron chi connectivity index (χ0n) is 11.7. The van der Waals surface area contributed by atoms with Crippen LogP contribution in [0, 0.1) is 0 Å². The van der Waals surface area contributed by atoms with Gasteiger partial charge >= 0.3 is 12.0 Å². The lowest BCUT2D eigenvalue weighted by molar-refractivity contribution is 0.0693. The highest BCUT2D eigenvalue weighted by atomic mass is 16.5. The number of carboxylic acids is 1. The van der Waals surface area contributed by atoms with Gasteiger partial charge in [-0.25, -0.2) is 9.59 Å². The summed E-state index contributed by atoms with van der Waals surface area (Å²) in [6.45, 7) is 0. The molecule has 7 nitrogen and oxygen atoms in total. The van der Waals surface area contributed by atoms with Crippen molar-refractivity contribution in [2.45, 2.75) is 0 Å². The van der Waals surface area contributed by atoms with Crippen molar-refractivity contribution in [3.8, 4) is 11.5 Å². The second-order valence-electron chi connectivity index (χ2n) is 4.32. The largest absolute Gasteiger partial charge is 0.507 e. The Morgan fingerprint density at radius 2 is 1.82 bits per heavy atom. The van der Waals surface area contributed by atoms with E-state index in [-0.39, 0.29) is 17.0 Å². The molecule has 0 fully saturated rings. The minimum absolute atomic E-state index is 0.239. The van der Waals surface area contributed by atoms with Crippen molar-refractivity contribution >= 4 is 23.4 Å². The Kier molecular flexibility index (Phi) is 4.47. The first-order chi connectivity index (χ1) is 10.5. The molecule has 114 valence electrons. The van der Waals surface area contributed by atoms with Crippen LogP contribution >= 0.6 is 0 Å². The molecule has 7 heteroatoms.